The van der Waals surface area contributed by atoms with Crippen molar-refractivity contribution >= 4 is 16.5 Å². The molecule has 1 heterocycles. The van der Waals surface area contributed by atoms with Crippen LogP contribution in [0.4, 0.5) is 5.69 Å². The number of hydrogen-bond donors (Lipinski definition) is 0. The Balaban J connectivity index is 2.44. The fourth-order valence-corrected chi connectivity index (χ4v) is 3.22. The smallest absolute Gasteiger partial charge is 0.0435 e. The van der Waals surface area contributed by atoms with E-state index in [-0.39, 0.29) is 11.0 Å². The van der Waals surface area contributed by atoms with Gasteiger partial charge in [0.05, 0.1) is 0 Å². The topological polar surface area (TPSA) is 3.24 Å². The van der Waals surface area contributed by atoms with E-state index in [9.17, 15) is 0 Å². The summed E-state index contributed by atoms with van der Waals surface area (Å²) in [5.74, 6) is 0. The first-order valence-corrected chi connectivity index (χ1v) is 6.63. The molecule has 0 N–H and O–H groups in total. The molecule has 0 spiro atoms. The van der Waals surface area contributed by atoms with Crippen molar-refractivity contribution in [3.8, 4) is 0 Å². The van der Waals surface area contributed by atoms with Gasteiger partial charge >= 0.3 is 0 Å². The van der Waals surface area contributed by atoms with Gasteiger partial charge in [0.25, 0.3) is 0 Å². The SMILES string of the molecule is CN1c2ccc3ccccc3c2C(C)(C)C1(C)C. The highest BCUT2D eigenvalue weighted by Crippen LogP contribution is 2.52. The van der Waals surface area contributed by atoms with E-state index in [2.05, 4.69) is 76.0 Å². The van der Waals surface area contributed by atoms with E-state index in [1.54, 1.807) is 0 Å². The summed E-state index contributed by atoms with van der Waals surface area (Å²) in [6.07, 6.45) is 0. The van der Waals surface area contributed by atoms with Crippen LogP contribution < -0.4 is 4.90 Å². The van der Waals surface area contributed by atoms with E-state index >= 15 is 0 Å². The maximum absolute atomic E-state index is 2.43. The van der Waals surface area contributed by atoms with Gasteiger partial charge in [-0.15, -0.1) is 0 Å². The number of anilines is 1. The van der Waals surface area contributed by atoms with Crippen LogP contribution in [0.15, 0.2) is 36.4 Å². The van der Waals surface area contributed by atoms with Crippen LogP contribution in [0.25, 0.3) is 10.8 Å². The molecule has 0 saturated heterocycles. The normalized spacial score (nSPS) is 20.2. The van der Waals surface area contributed by atoms with E-state index in [4.69, 9.17) is 0 Å². The van der Waals surface area contributed by atoms with Crippen molar-refractivity contribution in [3.05, 3.63) is 42.0 Å². The van der Waals surface area contributed by atoms with Crippen LogP contribution >= 0.6 is 0 Å². The number of likely N-dealkylation sites (N-methyl/N-ethyl adjacent to an activating group) is 1. The van der Waals surface area contributed by atoms with Gasteiger partial charge in [0, 0.05) is 23.7 Å². The summed E-state index contributed by atoms with van der Waals surface area (Å²) in [6, 6.07) is 13.2. The average molecular weight is 239 g/mol. The molecule has 0 saturated carbocycles. The highest BCUT2D eigenvalue weighted by atomic mass is 15.2. The highest BCUT2D eigenvalue weighted by molar-refractivity contribution is 5.93. The van der Waals surface area contributed by atoms with E-state index < -0.39 is 0 Å². The van der Waals surface area contributed by atoms with Gasteiger partial charge in [0.1, 0.15) is 0 Å². The van der Waals surface area contributed by atoms with Crippen molar-refractivity contribution in [2.75, 3.05) is 11.9 Å². The van der Waals surface area contributed by atoms with Crippen LogP contribution in [0, 0.1) is 0 Å². The minimum atomic E-state index is 0.138. The lowest BCUT2D eigenvalue weighted by Gasteiger charge is -2.40. The Morgan fingerprint density at radius 3 is 2.28 bits per heavy atom. The zero-order valence-electron chi connectivity index (χ0n) is 11.9. The van der Waals surface area contributed by atoms with Crippen molar-refractivity contribution in [3.63, 3.8) is 0 Å². The molecule has 2 aromatic rings. The molecular formula is C17H21N. The summed E-state index contributed by atoms with van der Waals surface area (Å²) in [4.78, 5) is 2.43. The van der Waals surface area contributed by atoms with Crippen LogP contribution in [0.5, 0.6) is 0 Å². The van der Waals surface area contributed by atoms with Crippen LogP contribution in [-0.2, 0) is 5.41 Å². The number of hydrogen-bond acceptors (Lipinski definition) is 1. The lowest BCUT2D eigenvalue weighted by atomic mass is 9.71. The third-order valence-electron chi connectivity index (χ3n) is 5.26. The Hall–Kier alpha value is -1.50. The Morgan fingerprint density at radius 2 is 1.56 bits per heavy atom. The Morgan fingerprint density at radius 1 is 0.889 bits per heavy atom. The molecule has 3 rings (SSSR count). The number of fused-ring (bicyclic) bond motifs is 3. The summed E-state index contributed by atoms with van der Waals surface area (Å²) < 4.78 is 0. The first-order chi connectivity index (χ1) is 8.37. The van der Waals surface area contributed by atoms with Gasteiger partial charge in [-0.05, 0) is 36.2 Å². The molecule has 0 fully saturated rings. The van der Waals surface area contributed by atoms with Crippen LogP contribution in [0.1, 0.15) is 33.3 Å². The van der Waals surface area contributed by atoms with Gasteiger partial charge in [-0.3, -0.25) is 0 Å². The maximum Gasteiger partial charge on any atom is 0.0435 e. The molecule has 2 aromatic carbocycles. The zero-order valence-corrected chi connectivity index (χ0v) is 11.9. The predicted octanol–water partition coefficient (Wildman–Crippen LogP) is 4.35. The minimum Gasteiger partial charge on any atom is -0.368 e. The molecule has 1 aliphatic heterocycles. The predicted molar refractivity (Wildman–Crippen MR) is 79.5 cm³/mol. The molecule has 0 bridgehead atoms. The summed E-state index contributed by atoms with van der Waals surface area (Å²) in [5.41, 5.74) is 3.16. The highest BCUT2D eigenvalue weighted by Gasteiger charge is 2.49. The molecule has 1 nitrogen and oxygen atoms in total. The molecule has 0 aliphatic carbocycles. The van der Waals surface area contributed by atoms with Gasteiger partial charge in [-0.25, -0.2) is 0 Å². The maximum atomic E-state index is 2.43. The molecule has 0 radical (unpaired) electrons. The van der Waals surface area contributed by atoms with Crippen molar-refractivity contribution in [1.82, 2.24) is 0 Å². The summed E-state index contributed by atoms with van der Waals surface area (Å²) >= 11 is 0. The standard InChI is InChI=1S/C17H21N/c1-16(2)15-13-9-7-6-8-12(13)10-11-14(15)18(5)17(16,3)4/h6-11H,1-5H3. The Bertz CT molecular complexity index is 623. The third-order valence-corrected chi connectivity index (χ3v) is 5.26. The second kappa shape index (κ2) is 3.28. The third kappa shape index (κ3) is 1.17. The number of nitrogens with zero attached hydrogens (tertiary/aromatic N) is 1. The van der Waals surface area contributed by atoms with Gasteiger partial charge in [0.15, 0.2) is 0 Å². The number of benzene rings is 2. The van der Waals surface area contributed by atoms with E-state index in [1.807, 2.05) is 0 Å². The molecule has 0 aromatic heterocycles. The fraction of sp³-hybridized carbons (Fsp3) is 0.412. The van der Waals surface area contributed by atoms with Gasteiger partial charge in [-0.1, -0.05) is 44.2 Å². The quantitative estimate of drug-likeness (QED) is 0.661. The Kier molecular flexibility index (Phi) is 2.11. The summed E-state index contributed by atoms with van der Waals surface area (Å²) in [5, 5.41) is 2.74. The first-order valence-electron chi connectivity index (χ1n) is 6.63. The Labute approximate surface area is 109 Å². The fourth-order valence-electron chi connectivity index (χ4n) is 3.22. The molecule has 18 heavy (non-hydrogen) atoms. The molecule has 0 unspecified atom stereocenters. The molecule has 0 atom stereocenters. The first kappa shape index (κ1) is 11.6. The van der Waals surface area contributed by atoms with E-state index in [0.717, 1.165) is 0 Å². The van der Waals surface area contributed by atoms with Crippen molar-refractivity contribution in [2.45, 2.75) is 38.6 Å². The number of rotatable bonds is 0. The molecular weight excluding hydrogens is 218 g/mol. The van der Waals surface area contributed by atoms with Crippen molar-refractivity contribution < 1.29 is 0 Å². The largest absolute Gasteiger partial charge is 0.368 e. The summed E-state index contributed by atoms with van der Waals surface area (Å²) in [6.45, 7) is 9.40. The second-order valence-corrected chi connectivity index (χ2v) is 6.42. The van der Waals surface area contributed by atoms with Crippen LogP contribution in [0.2, 0.25) is 0 Å². The van der Waals surface area contributed by atoms with Gasteiger partial charge < -0.3 is 4.90 Å². The molecule has 0 amide bonds. The van der Waals surface area contributed by atoms with Crippen LogP contribution in [-0.4, -0.2) is 12.6 Å². The van der Waals surface area contributed by atoms with Crippen LogP contribution in [0.3, 0.4) is 0 Å². The average Bonchev–Trinajstić information content (AvgIpc) is 2.48. The second-order valence-electron chi connectivity index (χ2n) is 6.42. The monoisotopic (exact) mass is 239 g/mol. The van der Waals surface area contributed by atoms with Crippen molar-refractivity contribution in [1.29, 1.82) is 0 Å². The molecule has 1 aliphatic rings. The minimum absolute atomic E-state index is 0.138. The lowest BCUT2D eigenvalue weighted by Crippen LogP contribution is -2.49. The molecule has 94 valence electrons. The zero-order chi connectivity index (χ0) is 13.1. The van der Waals surface area contributed by atoms with Gasteiger partial charge in [-0.2, -0.15) is 0 Å². The van der Waals surface area contributed by atoms with E-state index in [1.165, 1.54) is 22.0 Å². The van der Waals surface area contributed by atoms with Crippen molar-refractivity contribution in [2.24, 2.45) is 0 Å². The van der Waals surface area contributed by atoms with E-state index in [0.29, 0.717) is 0 Å². The van der Waals surface area contributed by atoms with Gasteiger partial charge in [0.2, 0.25) is 0 Å². The molecule has 1 heteroatoms. The lowest BCUT2D eigenvalue weighted by molar-refractivity contribution is 0.324. The summed E-state index contributed by atoms with van der Waals surface area (Å²) in [7, 11) is 2.21.